The number of rotatable bonds is 5. The second-order valence-corrected chi connectivity index (χ2v) is 6.05. The van der Waals surface area contributed by atoms with Gasteiger partial charge in [-0.15, -0.1) is 0 Å². The largest absolute Gasteiger partial charge is 0.496 e. The molecule has 4 nitrogen and oxygen atoms in total. The lowest BCUT2D eigenvalue weighted by atomic mass is 10.1. The van der Waals surface area contributed by atoms with Gasteiger partial charge in [0.2, 0.25) is 5.91 Å². The standard InChI is InChI=1S/C17H24N2O2/c1-4-12(5-2)19-15(18-17(10-11-17)16(19)20)13-8-6-7-9-14(13)21-3/h6-9,12,15,18H,4-5,10-11H2,1-3H3. The van der Waals surface area contributed by atoms with Crippen molar-refractivity contribution in [2.45, 2.75) is 57.3 Å². The van der Waals surface area contributed by atoms with E-state index in [1.54, 1.807) is 7.11 Å². The number of nitrogens with one attached hydrogen (secondary N) is 1. The van der Waals surface area contributed by atoms with Gasteiger partial charge in [-0.2, -0.15) is 0 Å². The van der Waals surface area contributed by atoms with Gasteiger partial charge >= 0.3 is 0 Å². The molecule has 1 N–H and O–H groups in total. The highest BCUT2D eigenvalue weighted by atomic mass is 16.5. The van der Waals surface area contributed by atoms with Crippen molar-refractivity contribution >= 4 is 5.91 Å². The van der Waals surface area contributed by atoms with Crippen molar-refractivity contribution in [3.05, 3.63) is 29.8 Å². The molecule has 0 aromatic heterocycles. The quantitative estimate of drug-likeness (QED) is 0.906. The predicted molar refractivity (Wildman–Crippen MR) is 82.1 cm³/mol. The number of carbonyl (C=O) groups is 1. The Morgan fingerprint density at radius 2 is 2.00 bits per heavy atom. The van der Waals surface area contributed by atoms with Crippen LogP contribution in [0.25, 0.3) is 0 Å². The van der Waals surface area contributed by atoms with Crippen LogP contribution in [-0.2, 0) is 4.79 Å². The molecule has 1 saturated heterocycles. The lowest BCUT2D eigenvalue weighted by Gasteiger charge is -2.32. The summed E-state index contributed by atoms with van der Waals surface area (Å²) in [6, 6.07) is 8.27. The molecule has 4 heteroatoms. The third-order valence-corrected chi connectivity index (χ3v) is 4.85. The number of hydrogen-bond acceptors (Lipinski definition) is 3. The van der Waals surface area contributed by atoms with Crippen LogP contribution in [0.3, 0.4) is 0 Å². The van der Waals surface area contributed by atoms with E-state index < -0.39 is 0 Å². The highest BCUT2D eigenvalue weighted by molar-refractivity contribution is 5.92. The summed E-state index contributed by atoms with van der Waals surface area (Å²) in [5.41, 5.74) is 0.762. The van der Waals surface area contributed by atoms with Crippen LogP contribution in [0.5, 0.6) is 5.75 Å². The van der Waals surface area contributed by atoms with Crippen molar-refractivity contribution in [1.29, 1.82) is 0 Å². The number of methoxy groups -OCH3 is 1. The molecule has 0 radical (unpaired) electrons. The Labute approximate surface area is 126 Å². The summed E-state index contributed by atoms with van der Waals surface area (Å²) in [7, 11) is 1.68. The number of ether oxygens (including phenoxy) is 1. The maximum Gasteiger partial charge on any atom is 0.244 e. The molecule has 1 amide bonds. The highest BCUT2D eigenvalue weighted by Gasteiger charge is 2.60. The summed E-state index contributed by atoms with van der Waals surface area (Å²) >= 11 is 0. The van der Waals surface area contributed by atoms with Crippen LogP contribution in [-0.4, -0.2) is 29.5 Å². The lowest BCUT2D eigenvalue weighted by Crippen LogP contribution is -2.40. The molecule has 1 saturated carbocycles. The zero-order valence-electron chi connectivity index (χ0n) is 13.1. The first-order chi connectivity index (χ1) is 10.2. The zero-order valence-corrected chi connectivity index (χ0v) is 13.1. The second-order valence-electron chi connectivity index (χ2n) is 6.05. The molecule has 3 rings (SSSR count). The molecule has 1 heterocycles. The van der Waals surface area contributed by atoms with Gasteiger partial charge in [0.15, 0.2) is 0 Å². The maximum absolute atomic E-state index is 12.9. The minimum absolute atomic E-state index is 0.0685. The van der Waals surface area contributed by atoms with E-state index in [1.165, 1.54) is 0 Å². The van der Waals surface area contributed by atoms with E-state index >= 15 is 0 Å². The van der Waals surface area contributed by atoms with Crippen molar-refractivity contribution in [3.63, 3.8) is 0 Å². The number of amides is 1. The van der Waals surface area contributed by atoms with E-state index in [2.05, 4.69) is 30.1 Å². The zero-order chi connectivity index (χ0) is 15.0. The fourth-order valence-corrected chi connectivity index (χ4v) is 3.42. The fourth-order valence-electron chi connectivity index (χ4n) is 3.42. The van der Waals surface area contributed by atoms with Crippen LogP contribution >= 0.6 is 0 Å². The first-order valence-electron chi connectivity index (χ1n) is 7.90. The molecule has 1 aromatic carbocycles. The number of carbonyl (C=O) groups excluding carboxylic acids is 1. The van der Waals surface area contributed by atoms with Gasteiger partial charge in [0, 0.05) is 11.6 Å². The van der Waals surface area contributed by atoms with Gasteiger partial charge in [0.1, 0.15) is 17.5 Å². The van der Waals surface area contributed by atoms with Crippen LogP contribution < -0.4 is 10.1 Å². The van der Waals surface area contributed by atoms with Gasteiger partial charge < -0.3 is 9.64 Å². The van der Waals surface area contributed by atoms with Crippen molar-refractivity contribution < 1.29 is 9.53 Å². The van der Waals surface area contributed by atoms with E-state index in [1.807, 2.05) is 18.2 Å². The van der Waals surface area contributed by atoms with Gasteiger partial charge in [-0.3, -0.25) is 10.1 Å². The Kier molecular flexibility index (Phi) is 3.66. The van der Waals surface area contributed by atoms with Crippen molar-refractivity contribution in [2.75, 3.05) is 7.11 Å². The first kappa shape index (κ1) is 14.4. The van der Waals surface area contributed by atoms with Gasteiger partial charge in [0.05, 0.1) is 7.11 Å². The Hall–Kier alpha value is -1.55. The number of para-hydroxylation sites is 1. The SMILES string of the molecule is CCC(CC)N1C(=O)C2(CC2)NC1c1ccccc1OC. The van der Waals surface area contributed by atoms with Crippen molar-refractivity contribution in [3.8, 4) is 5.75 Å². The molecule has 1 atom stereocenters. The number of nitrogens with zero attached hydrogens (tertiary/aromatic N) is 1. The molecule has 1 aromatic rings. The Morgan fingerprint density at radius 3 is 2.57 bits per heavy atom. The smallest absolute Gasteiger partial charge is 0.244 e. The van der Waals surface area contributed by atoms with Crippen LogP contribution in [0.15, 0.2) is 24.3 Å². The molecule has 114 valence electrons. The maximum atomic E-state index is 12.9. The normalized spacial score (nSPS) is 23.1. The minimum Gasteiger partial charge on any atom is -0.496 e. The molecule has 1 aliphatic carbocycles. The molecule has 21 heavy (non-hydrogen) atoms. The molecule has 1 spiro atoms. The van der Waals surface area contributed by atoms with Crippen LogP contribution in [0.2, 0.25) is 0 Å². The van der Waals surface area contributed by atoms with Gasteiger partial charge in [-0.05, 0) is 31.7 Å². The minimum atomic E-state index is -0.298. The summed E-state index contributed by atoms with van der Waals surface area (Å²) in [5.74, 6) is 1.11. The molecule has 1 aliphatic heterocycles. The average molecular weight is 288 g/mol. The Balaban J connectivity index is 2.00. The average Bonchev–Trinajstić information content (AvgIpc) is 3.25. The summed E-state index contributed by atoms with van der Waals surface area (Å²) in [5, 5.41) is 3.58. The summed E-state index contributed by atoms with van der Waals surface area (Å²) in [6.45, 7) is 4.30. The number of benzene rings is 1. The topological polar surface area (TPSA) is 41.6 Å². The van der Waals surface area contributed by atoms with E-state index in [-0.39, 0.29) is 23.7 Å². The Bertz CT molecular complexity index is 535. The summed E-state index contributed by atoms with van der Waals surface area (Å²) < 4.78 is 5.50. The summed E-state index contributed by atoms with van der Waals surface area (Å²) in [4.78, 5) is 14.9. The van der Waals surface area contributed by atoms with E-state index in [0.717, 1.165) is 37.0 Å². The number of hydrogen-bond donors (Lipinski definition) is 1. The lowest BCUT2D eigenvalue weighted by molar-refractivity contribution is -0.133. The second kappa shape index (κ2) is 5.34. The van der Waals surface area contributed by atoms with Gasteiger partial charge in [0.25, 0.3) is 0 Å². The molecule has 2 fully saturated rings. The van der Waals surface area contributed by atoms with Crippen LogP contribution in [0.1, 0.15) is 51.3 Å². The predicted octanol–water partition coefficient (Wildman–Crippen LogP) is 2.85. The van der Waals surface area contributed by atoms with E-state index in [4.69, 9.17) is 4.74 Å². The third kappa shape index (κ3) is 2.22. The highest BCUT2D eigenvalue weighted by Crippen LogP contribution is 2.48. The molecule has 2 aliphatic rings. The fraction of sp³-hybridized carbons (Fsp3) is 0.588. The monoisotopic (exact) mass is 288 g/mol. The van der Waals surface area contributed by atoms with Gasteiger partial charge in [-0.25, -0.2) is 0 Å². The van der Waals surface area contributed by atoms with Crippen molar-refractivity contribution in [1.82, 2.24) is 10.2 Å². The molecular formula is C17H24N2O2. The molecule has 0 bridgehead atoms. The first-order valence-corrected chi connectivity index (χ1v) is 7.90. The van der Waals surface area contributed by atoms with Gasteiger partial charge in [-0.1, -0.05) is 32.0 Å². The molecular weight excluding hydrogens is 264 g/mol. The van der Waals surface area contributed by atoms with Crippen LogP contribution in [0.4, 0.5) is 0 Å². The summed E-state index contributed by atoms with van der Waals surface area (Å²) in [6.07, 6.45) is 3.79. The van der Waals surface area contributed by atoms with E-state index in [0.29, 0.717) is 0 Å². The van der Waals surface area contributed by atoms with Crippen LogP contribution in [0, 0.1) is 0 Å². The van der Waals surface area contributed by atoms with Crippen molar-refractivity contribution in [2.24, 2.45) is 0 Å². The molecule has 1 unspecified atom stereocenters. The van der Waals surface area contributed by atoms with E-state index in [9.17, 15) is 4.79 Å². The Morgan fingerprint density at radius 1 is 1.33 bits per heavy atom. The third-order valence-electron chi connectivity index (χ3n) is 4.85.